The zero-order valence-electron chi connectivity index (χ0n) is 10.6. The minimum atomic E-state index is -3.10. The fourth-order valence-electron chi connectivity index (χ4n) is 2.19. The molecule has 1 unspecified atom stereocenters. The van der Waals surface area contributed by atoms with Gasteiger partial charge in [0, 0.05) is 12.2 Å². The molecule has 1 aromatic heterocycles. The predicted octanol–water partition coefficient (Wildman–Crippen LogP) is 0.998. The van der Waals surface area contributed by atoms with Crippen LogP contribution in [-0.2, 0) is 9.84 Å². The highest BCUT2D eigenvalue weighted by Gasteiger charge is 2.35. The van der Waals surface area contributed by atoms with Crippen LogP contribution in [0.4, 0.5) is 0 Å². The predicted molar refractivity (Wildman–Crippen MR) is 76.2 cm³/mol. The number of pyridine rings is 1. The molecule has 7 heteroatoms. The minimum absolute atomic E-state index is 0.0459. The molecule has 1 fully saturated rings. The van der Waals surface area contributed by atoms with E-state index >= 15 is 0 Å². The average molecular weight is 313 g/mol. The quantitative estimate of drug-likeness (QED) is 0.617. The summed E-state index contributed by atoms with van der Waals surface area (Å²) in [6, 6.07) is 2.74. The molecule has 1 saturated heterocycles. The molecule has 0 N–H and O–H groups in total. The van der Waals surface area contributed by atoms with Crippen LogP contribution in [0.25, 0.3) is 0 Å². The molecule has 1 aliphatic rings. The van der Waals surface area contributed by atoms with Gasteiger partial charge in [0.2, 0.25) is 0 Å². The third-order valence-corrected chi connectivity index (χ3v) is 5.21. The van der Waals surface area contributed by atoms with Gasteiger partial charge >= 0.3 is 0 Å². The molecular weight excluding hydrogens is 300 g/mol. The Morgan fingerprint density at radius 2 is 2.35 bits per heavy atom. The van der Waals surface area contributed by atoms with E-state index in [1.165, 1.54) is 11.1 Å². The Labute approximate surface area is 122 Å². The Bertz CT molecular complexity index is 666. The van der Waals surface area contributed by atoms with Crippen LogP contribution in [0.3, 0.4) is 0 Å². The number of carbonyl (C=O) groups excluding carboxylic acids is 1. The van der Waals surface area contributed by atoms with Crippen LogP contribution in [0.15, 0.2) is 18.3 Å². The molecule has 1 aliphatic heterocycles. The summed E-state index contributed by atoms with van der Waals surface area (Å²) in [6.45, 7) is 0.0459. The summed E-state index contributed by atoms with van der Waals surface area (Å²) in [5, 5.41) is 0.0837. The normalized spacial score (nSPS) is 20.3. The maximum absolute atomic E-state index is 12.5. The number of aromatic nitrogens is 1. The van der Waals surface area contributed by atoms with Crippen molar-refractivity contribution in [1.82, 2.24) is 9.88 Å². The first-order chi connectivity index (χ1) is 9.44. The summed E-state index contributed by atoms with van der Waals surface area (Å²) in [6.07, 6.45) is 7.15. The molecule has 0 spiro atoms. The van der Waals surface area contributed by atoms with Crippen LogP contribution in [0.1, 0.15) is 16.8 Å². The molecule has 1 aromatic rings. The van der Waals surface area contributed by atoms with E-state index in [2.05, 4.69) is 10.9 Å². The van der Waals surface area contributed by atoms with Crippen molar-refractivity contribution < 1.29 is 13.2 Å². The monoisotopic (exact) mass is 312 g/mol. The van der Waals surface area contributed by atoms with Gasteiger partial charge in [-0.2, -0.15) is 0 Å². The Hall–Kier alpha value is -1.58. The number of nitrogens with zero attached hydrogens (tertiary/aromatic N) is 2. The van der Waals surface area contributed by atoms with Crippen molar-refractivity contribution in [2.45, 2.75) is 12.5 Å². The van der Waals surface area contributed by atoms with Crippen molar-refractivity contribution in [3.63, 3.8) is 0 Å². The summed E-state index contributed by atoms with van der Waals surface area (Å²) in [7, 11) is -3.10. The number of hydrogen-bond donors (Lipinski definition) is 0. The second-order valence-electron chi connectivity index (χ2n) is 4.54. The van der Waals surface area contributed by atoms with Crippen molar-refractivity contribution in [2.24, 2.45) is 0 Å². The summed E-state index contributed by atoms with van der Waals surface area (Å²) in [4.78, 5) is 17.7. The first-order valence-electron chi connectivity index (χ1n) is 6.00. The topological polar surface area (TPSA) is 67.3 Å². The molecular formula is C13H13ClN2O3S. The van der Waals surface area contributed by atoms with E-state index in [1.54, 1.807) is 12.1 Å². The molecule has 0 radical (unpaired) electrons. The summed E-state index contributed by atoms with van der Waals surface area (Å²) < 4.78 is 23.1. The molecule has 1 amide bonds. The largest absolute Gasteiger partial charge is 0.323 e. The van der Waals surface area contributed by atoms with Gasteiger partial charge in [0.1, 0.15) is 5.15 Å². The van der Waals surface area contributed by atoms with Crippen LogP contribution in [0, 0.1) is 12.3 Å². The van der Waals surface area contributed by atoms with Gasteiger partial charge in [-0.15, -0.1) is 6.42 Å². The zero-order valence-corrected chi connectivity index (χ0v) is 12.2. The van der Waals surface area contributed by atoms with Crippen LogP contribution in [0.5, 0.6) is 0 Å². The maximum Gasteiger partial charge on any atom is 0.258 e. The molecule has 0 aromatic carbocycles. The van der Waals surface area contributed by atoms with E-state index in [-0.39, 0.29) is 34.7 Å². The Morgan fingerprint density at radius 1 is 1.60 bits per heavy atom. The van der Waals surface area contributed by atoms with Gasteiger partial charge in [0.15, 0.2) is 9.84 Å². The van der Waals surface area contributed by atoms with E-state index in [4.69, 9.17) is 18.0 Å². The third-order valence-electron chi connectivity index (χ3n) is 3.16. The molecule has 106 valence electrons. The van der Waals surface area contributed by atoms with Crippen LogP contribution < -0.4 is 0 Å². The Morgan fingerprint density at radius 3 is 2.90 bits per heavy atom. The highest BCUT2D eigenvalue weighted by Crippen LogP contribution is 2.21. The van der Waals surface area contributed by atoms with Gasteiger partial charge in [0.05, 0.1) is 23.6 Å². The number of sulfone groups is 1. The number of halogens is 1. The first kappa shape index (κ1) is 14.8. The average Bonchev–Trinajstić information content (AvgIpc) is 2.76. The molecule has 2 heterocycles. The second-order valence-corrected chi connectivity index (χ2v) is 7.12. The van der Waals surface area contributed by atoms with E-state index in [1.807, 2.05) is 0 Å². The zero-order chi connectivity index (χ0) is 14.8. The number of amides is 1. The van der Waals surface area contributed by atoms with Crippen LogP contribution >= 0.6 is 11.6 Å². The van der Waals surface area contributed by atoms with Gasteiger partial charge in [-0.25, -0.2) is 13.4 Å². The van der Waals surface area contributed by atoms with Crippen molar-refractivity contribution in [1.29, 1.82) is 0 Å². The fraction of sp³-hybridized carbons (Fsp3) is 0.385. The minimum Gasteiger partial charge on any atom is -0.323 e. The molecule has 0 saturated carbocycles. The highest BCUT2D eigenvalue weighted by atomic mass is 35.5. The van der Waals surface area contributed by atoms with E-state index < -0.39 is 15.9 Å². The van der Waals surface area contributed by atoms with Crippen molar-refractivity contribution in [3.8, 4) is 12.3 Å². The molecule has 20 heavy (non-hydrogen) atoms. The summed E-state index contributed by atoms with van der Waals surface area (Å²) in [5.41, 5.74) is 0.230. The lowest BCUT2D eigenvalue weighted by molar-refractivity contribution is 0.0724. The van der Waals surface area contributed by atoms with Crippen molar-refractivity contribution in [3.05, 3.63) is 29.0 Å². The Kier molecular flexibility index (Phi) is 4.31. The van der Waals surface area contributed by atoms with E-state index in [0.717, 1.165) is 0 Å². The number of hydrogen-bond acceptors (Lipinski definition) is 4. The fourth-order valence-corrected chi connectivity index (χ4v) is 4.12. The third kappa shape index (κ3) is 3.11. The van der Waals surface area contributed by atoms with Gasteiger partial charge in [-0.05, 0) is 18.6 Å². The van der Waals surface area contributed by atoms with E-state index in [9.17, 15) is 13.2 Å². The lowest BCUT2D eigenvalue weighted by Crippen LogP contribution is -2.41. The van der Waals surface area contributed by atoms with Crippen molar-refractivity contribution >= 4 is 27.3 Å². The van der Waals surface area contributed by atoms with Gasteiger partial charge in [-0.1, -0.05) is 17.5 Å². The SMILES string of the molecule is C#CCN(C(=O)c1cccnc1Cl)C1CCS(=O)(=O)C1. The van der Waals surface area contributed by atoms with Crippen LogP contribution in [-0.4, -0.2) is 48.3 Å². The lowest BCUT2D eigenvalue weighted by Gasteiger charge is -2.26. The summed E-state index contributed by atoms with van der Waals surface area (Å²) >= 11 is 5.90. The standard InChI is InChI=1S/C13H13ClN2O3S/c1-2-7-16(10-5-8-20(18,19)9-10)13(17)11-4-3-6-15-12(11)14/h1,3-4,6,10H,5,7-9H2. The van der Waals surface area contributed by atoms with Gasteiger partial charge < -0.3 is 4.90 Å². The molecule has 1 atom stereocenters. The molecule has 5 nitrogen and oxygen atoms in total. The highest BCUT2D eigenvalue weighted by molar-refractivity contribution is 7.91. The summed E-state index contributed by atoms with van der Waals surface area (Å²) in [5.74, 6) is 2.02. The number of terminal acetylenes is 1. The lowest BCUT2D eigenvalue weighted by atomic mass is 10.1. The molecule has 2 rings (SSSR count). The van der Waals surface area contributed by atoms with Gasteiger partial charge in [-0.3, -0.25) is 4.79 Å². The Balaban J connectivity index is 2.28. The first-order valence-corrected chi connectivity index (χ1v) is 8.20. The number of carbonyl (C=O) groups is 1. The molecule has 0 aliphatic carbocycles. The molecule has 0 bridgehead atoms. The maximum atomic E-state index is 12.5. The van der Waals surface area contributed by atoms with Crippen LogP contribution in [0.2, 0.25) is 5.15 Å². The van der Waals surface area contributed by atoms with Crippen molar-refractivity contribution in [2.75, 3.05) is 18.1 Å². The smallest absolute Gasteiger partial charge is 0.258 e. The van der Waals surface area contributed by atoms with E-state index in [0.29, 0.717) is 6.42 Å². The number of rotatable bonds is 3. The second kappa shape index (κ2) is 5.81. The van der Waals surface area contributed by atoms with Gasteiger partial charge in [0.25, 0.3) is 5.91 Å².